The molecule has 0 radical (unpaired) electrons. The van der Waals surface area contributed by atoms with Gasteiger partial charge in [-0.2, -0.15) is 0 Å². The predicted molar refractivity (Wildman–Crippen MR) is 127 cm³/mol. The van der Waals surface area contributed by atoms with Crippen LogP contribution in [0.25, 0.3) is 0 Å². The SMILES string of the molecule is CCCCCCC(O)(c1ccc(OCC)cc1)C(CN1CCOCC1)c1ccccc1. The molecule has 1 heterocycles. The molecule has 1 saturated heterocycles. The highest BCUT2D eigenvalue weighted by atomic mass is 16.5. The Bertz CT molecular complexity index is 743. The zero-order valence-electron chi connectivity index (χ0n) is 19.3. The second-order valence-corrected chi connectivity index (χ2v) is 8.57. The Morgan fingerprint density at radius 2 is 1.68 bits per heavy atom. The fraction of sp³-hybridized carbons (Fsp3) is 0.556. The molecule has 0 bridgehead atoms. The second-order valence-electron chi connectivity index (χ2n) is 8.57. The van der Waals surface area contributed by atoms with E-state index in [9.17, 15) is 5.11 Å². The van der Waals surface area contributed by atoms with Crippen LogP contribution in [0.15, 0.2) is 54.6 Å². The summed E-state index contributed by atoms with van der Waals surface area (Å²) in [4.78, 5) is 2.44. The van der Waals surface area contributed by atoms with Crippen LogP contribution < -0.4 is 4.74 Å². The molecular formula is C27H39NO3. The van der Waals surface area contributed by atoms with Crippen LogP contribution >= 0.6 is 0 Å². The Morgan fingerprint density at radius 3 is 2.32 bits per heavy atom. The van der Waals surface area contributed by atoms with Gasteiger partial charge in [0, 0.05) is 25.6 Å². The van der Waals surface area contributed by atoms with E-state index in [0.717, 1.165) is 63.4 Å². The Hall–Kier alpha value is -1.88. The van der Waals surface area contributed by atoms with Gasteiger partial charge in [0.1, 0.15) is 5.75 Å². The van der Waals surface area contributed by atoms with E-state index < -0.39 is 5.60 Å². The van der Waals surface area contributed by atoms with Gasteiger partial charge in [0.15, 0.2) is 0 Å². The molecule has 0 spiro atoms. The fourth-order valence-corrected chi connectivity index (χ4v) is 4.61. The summed E-state index contributed by atoms with van der Waals surface area (Å²) >= 11 is 0. The first-order chi connectivity index (χ1) is 15.2. The molecule has 3 rings (SSSR count). The van der Waals surface area contributed by atoms with Crippen LogP contribution in [0.3, 0.4) is 0 Å². The fourth-order valence-electron chi connectivity index (χ4n) is 4.61. The highest BCUT2D eigenvalue weighted by Gasteiger charge is 2.40. The van der Waals surface area contributed by atoms with Crippen molar-refractivity contribution in [3.05, 3.63) is 65.7 Å². The maximum atomic E-state index is 12.3. The summed E-state index contributed by atoms with van der Waals surface area (Å²) in [6.45, 7) is 9.04. The van der Waals surface area contributed by atoms with E-state index in [1.807, 2.05) is 25.1 Å². The standard InChI is InChI=1S/C27H39NO3/c1-3-5-6-10-17-27(29,24-13-15-25(16-14-24)31-4-2)26(23-11-8-7-9-12-23)22-28-18-20-30-21-19-28/h7-9,11-16,26,29H,3-6,10,17-22H2,1-2H3. The lowest BCUT2D eigenvalue weighted by Crippen LogP contribution is -2.45. The monoisotopic (exact) mass is 425 g/mol. The molecule has 1 aliphatic heterocycles. The first-order valence-corrected chi connectivity index (χ1v) is 12.0. The molecule has 1 aliphatic rings. The molecule has 2 unspecified atom stereocenters. The highest BCUT2D eigenvalue weighted by Crippen LogP contribution is 2.42. The number of hydrogen-bond donors (Lipinski definition) is 1. The minimum Gasteiger partial charge on any atom is -0.494 e. The number of unbranched alkanes of at least 4 members (excludes halogenated alkanes) is 3. The van der Waals surface area contributed by atoms with Crippen LogP contribution in [0.1, 0.15) is 63.0 Å². The Kier molecular flexibility index (Phi) is 9.38. The first-order valence-electron chi connectivity index (χ1n) is 12.0. The van der Waals surface area contributed by atoms with Crippen molar-refractivity contribution in [2.45, 2.75) is 57.5 Å². The van der Waals surface area contributed by atoms with Crippen LogP contribution in [0.2, 0.25) is 0 Å². The highest BCUT2D eigenvalue weighted by molar-refractivity contribution is 5.35. The van der Waals surface area contributed by atoms with Crippen molar-refractivity contribution >= 4 is 0 Å². The van der Waals surface area contributed by atoms with Gasteiger partial charge in [-0.1, -0.05) is 75.1 Å². The summed E-state index contributed by atoms with van der Waals surface area (Å²) in [7, 11) is 0. The van der Waals surface area contributed by atoms with Crippen molar-refractivity contribution in [3.8, 4) is 5.75 Å². The molecule has 0 amide bonds. The maximum Gasteiger partial charge on any atom is 0.119 e. The molecule has 31 heavy (non-hydrogen) atoms. The predicted octanol–water partition coefficient (Wildman–Crippen LogP) is 5.36. The Labute approximate surface area is 188 Å². The summed E-state index contributed by atoms with van der Waals surface area (Å²) in [5, 5.41) is 12.3. The van der Waals surface area contributed by atoms with E-state index in [4.69, 9.17) is 9.47 Å². The molecule has 0 aromatic heterocycles. The third kappa shape index (κ3) is 6.55. The van der Waals surface area contributed by atoms with E-state index in [2.05, 4.69) is 48.2 Å². The van der Waals surface area contributed by atoms with E-state index in [1.165, 1.54) is 18.4 Å². The molecule has 1 N–H and O–H groups in total. The average molecular weight is 426 g/mol. The topological polar surface area (TPSA) is 41.9 Å². The molecule has 2 aromatic carbocycles. The molecule has 1 fully saturated rings. The third-order valence-corrected chi connectivity index (χ3v) is 6.40. The van der Waals surface area contributed by atoms with Gasteiger partial charge in [-0.25, -0.2) is 0 Å². The molecule has 0 saturated carbocycles. The van der Waals surface area contributed by atoms with Crippen molar-refractivity contribution < 1.29 is 14.6 Å². The van der Waals surface area contributed by atoms with E-state index in [0.29, 0.717) is 6.61 Å². The number of nitrogens with zero attached hydrogens (tertiary/aromatic N) is 1. The zero-order chi connectivity index (χ0) is 21.9. The average Bonchev–Trinajstić information content (AvgIpc) is 2.82. The minimum atomic E-state index is -0.932. The summed E-state index contributed by atoms with van der Waals surface area (Å²) in [5.41, 5.74) is 1.24. The number of hydrogen-bond acceptors (Lipinski definition) is 4. The van der Waals surface area contributed by atoms with Gasteiger partial charge in [-0.15, -0.1) is 0 Å². The molecule has 4 heteroatoms. The molecule has 0 aliphatic carbocycles. The maximum absolute atomic E-state index is 12.3. The van der Waals surface area contributed by atoms with Gasteiger partial charge in [-0.05, 0) is 36.6 Å². The smallest absolute Gasteiger partial charge is 0.119 e. The van der Waals surface area contributed by atoms with Gasteiger partial charge in [-0.3, -0.25) is 4.90 Å². The summed E-state index contributed by atoms with van der Waals surface area (Å²) < 4.78 is 11.2. The lowest BCUT2D eigenvalue weighted by molar-refractivity contribution is -0.0296. The quantitative estimate of drug-likeness (QED) is 0.465. The second kappa shape index (κ2) is 12.2. The van der Waals surface area contributed by atoms with Crippen molar-refractivity contribution in [2.75, 3.05) is 39.5 Å². The van der Waals surface area contributed by atoms with Crippen molar-refractivity contribution in [3.63, 3.8) is 0 Å². The number of benzene rings is 2. The van der Waals surface area contributed by atoms with Gasteiger partial charge in [0.25, 0.3) is 0 Å². The summed E-state index contributed by atoms with van der Waals surface area (Å²) in [5.74, 6) is 0.843. The first kappa shape index (κ1) is 23.8. The van der Waals surface area contributed by atoms with E-state index in [1.54, 1.807) is 0 Å². The molecular weight excluding hydrogens is 386 g/mol. The Balaban J connectivity index is 1.94. The number of ether oxygens (including phenoxy) is 2. The van der Waals surface area contributed by atoms with Crippen LogP contribution in [-0.4, -0.2) is 49.5 Å². The van der Waals surface area contributed by atoms with Crippen molar-refractivity contribution in [2.24, 2.45) is 0 Å². The number of morpholine rings is 1. The minimum absolute atomic E-state index is 0.00799. The van der Waals surface area contributed by atoms with Crippen molar-refractivity contribution in [1.29, 1.82) is 0 Å². The largest absolute Gasteiger partial charge is 0.494 e. The van der Waals surface area contributed by atoms with Crippen LogP contribution in [0.4, 0.5) is 0 Å². The Morgan fingerprint density at radius 1 is 0.968 bits per heavy atom. The third-order valence-electron chi connectivity index (χ3n) is 6.40. The molecule has 170 valence electrons. The van der Waals surface area contributed by atoms with E-state index in [-0.39, 0.29) is 5.92 Å². The van der Waals surface area contributed by atoms with Gasteiger partial charge >= 0.3 is 0 Å². The lowest BCUT2D eigenvalue weighted by Gasteiger charge is -2.41. The van der Waals surface area contributed by atoms with Crippen molar-refractivity contribution in [1.82, 2.24) is 4.90 Å². The number of rotatable bonds is 12. The van der Waals surface area contributed by atoms with Gasteiger partial charge in [0.2, 0.25) is 0 Å². The molecule has 2 aromatic rings. The van der Waals surface area contributed by atoms with Gasteiger partial charge in [0.05, 0.1) is 25.4 Å². The summed E-state index contributed by atoms with van der Waals surface area (Å²) in [6.07, 6.45) is 5.32. The van der Waals surface area contributed by atoms with Gasteiger partial charge < -0.3 is 14.6 Å². The molecule has 2 atom stereocenters. The number of aliphatic hydroxyl groups is 1. The molecule has 4 nitrogen and oxygen atoms in total. The van der Waals surface area contributed by atoms with Crippen LogP contribution in [-0.2, 0) is 10.3 Å². The zero-order valence-corrected chi connectivity index (χ0v) is 19.3. The van der Waals surface area contributed by atoms with Crippen LogP contribution in [0.5, 0.6) is 5.75 Å². The van der Waals surface area contributed by atoms with Crippen LogP contribution in [0, 0.1) is 0 Å². The summed E-state index contributed by atoms with van der Waals surface area (Å²) in [6, 6.07) is 18.6. The van der Waals surface area contributed by atoms with E-state index >= 15 is 0 Å². The lowest BCUT2D eigenvalue weighted by atomic mass is 9.74. The normalized spacial score (nSPS) is 17.8.